The average Bonchev–Trinajstić information content (AvgIpc) is 2.60. The Hall–Kier alpha value is -1.66. The van der Waals surface area contributed by atoms with Crippen LogP contribution in [0.2, 0.25) is 0 Å². The maximum atomic E-state index is 5.44. The second kappa shape index (κ2) is 4.03. The third-order valence-electron chi connectivity index (χ3n) is 1.81. The molecule has 3 nitrogen and oxygen atoms in total. The molecule has 0 spiro atoms. The summed E-state index contributed by atoms with van der Waals surface area (Å²) in [6, 6.07) is 7.51. The SMILES string of the molecule is C#CCOCC1Oc2ccccc2O1. The second-order valence-electron chi connectivity index (χ2n) is 2.83. The number of hydrogen-bond donors (Lipinski definition) is 0. The molecule has 0 fully saturated rings. The molecule has 0 saturated carbocycles. The Balaban J connectivity index is 1.89. The lowest BCUT2D eigenvalue weighted by atomic mass is 10.3. The van der Waals surface area contributed by atoms with Crippen molar-refractivity contribution in [2.24, 2.45) is 0 Å². The summed E-state index contributed by atoms with van der Waals surface area (Å²) in [7, 11) is 0. The van der Waals surface area contributed by atoms with Crippen molar-refractivity contribution in [3.63, 3.8) is 0 Å². The van der Waals surface area contributed by atoms with Gasteiger partial charge in [0.25, 0.3) is 6.29 Å². The first-order valence-electron chi connectivity index (χ1n) is 4.33. The zero-order valence-electron chi connectivity index (χ0n) is 7.60. The normalized spacial score (nSPS) is 13.9. The van der Waals surface area contributed by atoms with Crippen molar-refractivity contribution < 1.29 is 14.2 Å². The Kier molecular flexibility index (Phi) is 2.57. The number of benzene rings is 1. The van der Waals surface area contributed by atoms with Crippen molar-refractivity contribution in [1.82, 2.24) is 0 Å². The molecule has 1 aromatic rings. The second-order valence-corrected chi connectivity index (χ2v) is 2.83. The van der Waals surface area contributed by atoms with Gasteiger partial charge in [-0.05, 0) is 12.1 Å². The fourth-order valence-corrected chi connectivity index (χ4v) is 1.23. The predicted octanol–water partition coefficient (Wildman–Crippen LogP) is 1.43. The van der Waals surface area contributed by atoms with Crippen LogP contribution in [0.3, 0.4) is 0 Å². The van der Waals surface area contributed by atoms with Gasteiger partial charge in [-0.25, -0.2) is 0 Å². The molecule has 0 aromatic heterocycles. The Morgan fingerprint density at radius 3 is 2.50 bits per heavy atom. The predicted molar refractivity (Wildman–Crippen MR) is 51.1 cm³/mol. The highest BCUT2D eigenvalue weighted by Crippen LogP contribution is 2.33. The van der Waals surface area contributed by atoms with E-state index in [9.17, 15) is 0 Å². The molecule has 0 bridgehead atoms. The largest absolute Gasteiger partial charge is 0.448 e. The lowest BCUT2D eigenvalue weighted by Crippen LogP contribution is -2.24. The number of hydrogen-bond acceptors (Lipinski definition) is 3. The lowest BCUT2D eigenvalue weighted by molar-refractivity contribution is -0.0248. The molecule has 1 aromatic carbocycles. The van der Waals surface area contributed by atoms with Gasteiger partial charge in [-0.1, -0.05) is 18.1 Å². The lowest BCUT2D eigenvalue weighted by Gasteiger charge is -2.08. The monoisotopic (exact) mass is 190 g/mol. The summed E-state index contributed by atoms with van der Waals surface area (Å²) in [6.07, 6.45) is 4.67. The van der Waals surface area contributed by atoms with E-state index < -0.39 is 0 Å². The fraction of sp³-hybridized carbons (Fsp3) is 0.273. The number of terminal acetylenes is 1. The van der Waals surface area contributed by atoms with Gasteiger partial charge in [-0.15, -0.1) is 6.42 Å². The summed E-state index contributed by atoms with van der Waals surface area (Å²) < 4.78 is 16.0. The van der Waals surface area contributed by atoms with Crippen LogP contribution >= 0.6 is 0 Å². The Labute approximate surface area is 82.6 Å². The van der Waals surface area contributed by atoms with Crippen LogP contribution in [0.4, 0.5) is 0 Å². The van der Waals surface area contributed by atoms with E-state index in [0.717, 1.165) is 11.5 Å². The van der Waals surface area contributed by atoms with E-state index in [4.69, 9.17) is 20.6 Å². The van der Waals surface area contributed by atoms with E-state index in [-0.39, 0.29) is 12.9 Å². The highest BCUT2D eigenvalue weighted by atomic mass is 16.7. The van der Waals surface area contributed by atoms with Crippen LogP contribution in [-0.4, -0.2) is 19.5 Å². The minimum Gasteiger partial charge on any atom is -0.448 e. The van der Waals surface area contributed by atoms with Crippen molar-refractivity contribution in [3.8, 4) is 23.8 Å². The summed E-state index contributed by atoms with van der Waals surface area (Å²) in [6.45, 7) is 0.623. The molecule has 1 heterocycles. The molecular weight excluding hydrogens is 180 g/mol. The van der Waals surface area contributed by atoms with Gasteiger partial charge in [0.05, 0.1) is 0 Å². The molecule has 14 heavy (non-hydrogen) atoms. The summed E-state index contributed by atoms with van der Waals surface area (Å²) in [5.41, 5.74) is 0. The Bertz CT molecular complexity index is 329. The summed E-state index contributed by atoms with van der Waals surface area (Å²) in [5, 5.41) is 0. The van der Waals surface area contributed by atoms with Crippen LogP contribution in [-0.2, 0) is 4.74 Å². The molecule has 0 atom stereocenters. The Morgan fingerprint density at radius 1 is 1.29 bits per heavy atom. The molecule has 0 radical (unpaired) electrons. The van der Waals surface area contributed by atoms with Crippen LogP contribution in [0.25, 0.3) is 0 Å². The third-order valence-corrected chi connectivity index (χ3v) is 1.81. The Morgan fingerprint density at radius 2 is 1.93 bits per heavy atom. The van der Waals surface area contributed by atoms with Gasteiger partial charge >= 0.3 is 0 Å². The van der Waals surface area contributed by atoms with Crippen molar-refractivity contribution in [1.29, 1.82) is 0 Å². The molecule has 3 heteroatoms. The molecule has 72 valence electrons. The molecule has 1 aliphatic rings. The van der Waals surface area contributed by atoms with E-state index in [2.05, 4.69) is 5.92 Å². The minimum atomic E-state index is -0.374. The van der Waals surface area contributed by atoms with Crippen molar-refractivity contribution in [3.05, 3.63) is 24.3 Å². The number of rotatable bonds is 3. The number of ether oxygens (including phenoxy) is 3. The van der Waals surface area contributed by atoms with Crippen molar-refractivity contribution in [2.45, 2.75) is 6.29 Å². The van der Waals surface area contributed by atoms with Gasteiger partial charge in [0.2, 0.25) is 0 Å². The molecular formula is C11H10O3. The molecule has 0 N–H and O–H groups in total. The summed E-state index contributed by atoms with van der Waals surface area (Å²) >= 11 is 0. The molecule has 2 rings (SSSR count). The first kappa shape index (κ1) is 8.92. The third kappa shape index (κ3) is 1.81. The maximum absolute atomic E-state index is 5.44. The van der Waals surface area contributed by atoms with Crippen molar-refractivity contribution in [2.75, 3.05) is 13.2 Å². The first-order chi connectivity index (χ1) is 6.90. The van der Waals surface area contributed by atoms with E-state index in [1.807, 2.05) is 24.3 Å². The van der Waals surface area contributed by atoms with E-state index in [1.165, 1.54) is 0 Å². The van der Waals surface area contributed by atoms with Crippen molar-refractivity contribution >= 4 is 0 Å². The highest BCUT2D eigenvalue weighted by Gasteiger charge is 2.23. The van der Waals surface area contributed by atoms with Gasteiger partial charge in [-0.3, -0.25) is 0 Å². The van der Waals surface area contributed by atoms with Gasteiger partial charge < -0.3 is 14.2 Å². The molecule has 0 saturated heterocycles. The standard InChI is InChI=1S/C11H10O3/c1-2-7-12-8-11-13-9-5-3-4-6-10(9)14-11/h1,3-6,11H,7-8H2. The smallest absolute Gasteiger partial charge is 0.264 e. The van der Waals surface area contributed by atoms with Gasteiger partial charge in [-0.2, -0.15) is 0 Å². The fourth-order valence-electron chi connectivity index (χ4n) is 1.23. The number of fused-ring (bicyclic) bond motifs is 1. The van der Waals surface area contributed by atoms with E-state index in [1.54, 1.807) is 0 Å². The number of para-hydroxylation sites is 2. The van der Waals surface area contributed by atoms with Gasteiger partial charge in [0, 0.05) is 0 Å². The van der Waals surface area contributed by atoms with Gasteiger partial charge in [0.1, 0.15) is 13.2 Å². The zero-order valence-corrected chi connectivity index (χ0v) is 7.60. The zero-order chi connectivity index (χ0) is 9.80. The van der Waals surface area contributed by atoms with Crippen LogP contribution in [0.1, 0.15) is 0 Å². The molecule has 0 aliphatic carbocycles. The molecule has 1 aliphatic heterocycles. The van der Waals surface area contributed by atoms with Gasteiger partial charge in [0.15, 0.2) is 11.5 Å². The van der Waals surface area contributed by atoms with E-state index >= 15 is 0 Å². The quantitative estimate of drug-likeness (QED) is 0.533. The summed E-state index contributed by atoms with van der Waals surface area (Å²) in [5.74, 6) is 3.88. The maximum Gasteiger partial charge on any atom is 0.264 e. The first-order valence-corrected chi connectivity index (χ1v) is 4.33. The van der Waals surface area contributed by atoms with Crippen LogP contribution in [0.5, 0.6) is 11.5 Å². The van der Waals surface area contributed by atoms with Crippen LogP contribution in [0, 0.1) is 12.3 Å². The van der Waals surface area contributed by atoms with Crippen LogP contribution < -0.4 is 9.47 Å². The molecule has 0 unspecified atom stereocenters. The molecule has 0 amide bonds. The highest BCUT2D eigenvalue weighted by molar-refractivity contribution is 5.41. The minimum absolute atomic E-state index is 0.277. The van der Waals surface area contributed by atoms with Crippen LogP contribution in [0.15, 0.2) is 24.3 Å². The van der Waals surface area contributed by atoms with E-state index in [0.29, 0.717) is 6.61 Å². The summed E-state index contributed by atoms with van der Waals surface area (Å²) in [4.78, 5) is 0. The average molecular weight is 190 g/mol. The topological polar surface area (TPSA) is 27.7 Å².